The summed E-state index contributed by atoms with van der Waals surface area (Å²) in [5.41, 5.74) is 2.26. The molecule has 0 aliphatic carbocycles. The average molecular weight is 374 g/mol. The molecule has 1 aromatic carbocycles. The van der Waals surface area contributed by atoms with E-state index in [0.29, 0.717) is 46.1 Å². The Bertz CT molecular complexity index is 870. The van der Waals surface area contributed by atoms with E-state index in [2.05, 4.69) is 16.7 Å². The summed E-state index contributed by atoms with van der Waals surface area (Å²) in [6, 6.07) is 3.49. The quantitative estimate of drug-likeness (QED) is 0.397. The molecule has 8 nitrogen and oxygen atoms in total. The Hall–Kier alpha value is -3.42. The van der Waals surface area contributed by atoms with Gasteiger partial charge in [0.05, 0.1) is 33.2 Å². The van der Waals surface area contributed by atoms with Crippen molar-refractivity contribution in [3.05, 3.63) is 41.7 Å². The summed E-state index contributed by atoms with van der Waals surface area (Å²) in [4.78, 5) is 19.4. The molecule has 2 N–H and O–H groups in total. The first-order valence-corrected chi connectivity index (χ1v) is 7.98. The van der Waals surface area contributed by atoms with Crippen LogP contribution < -0.4 is 14.2 Å². The van der Waals surface area contributed by atoms with Crippen molar-refractivity contribution < 1.29 is 28.9 Å². The van der Waals surface area contributed by atoms with Crippen LogP contribution >= 0.6 is 0 Å². The first-order chi connectivity index (χ1) is 13.0. The lowest BCUT2D eigenvalue weighted by atomic mass is 9.96. The molecule has 27 heavy (non-hydrogen) atoms. The summed E-state index contributed by atoms with van der Waals surface area (Å²) in [5.74, 6) is 0.203. The number of hydrogen-bond acceptors (Lipinski definition) is 6. The second kappa shape index (κ2) is 8.79. The number of rotatable bonds is 9. The first kappa shape index (κ1) is 19.9. The van der Waals surface area contributed by atoms with Crippen LogP contribution in [0.2, 0.25) is 0 Å². The minimum absolute atomic E-state index is 0.0410. The number of allylic oxidation sites excluding steroid dienone is 1. The molecule has 0 atom stereocenters. The van der Waals surface area contributed by atoms with Crippen LogP contribution in [0, 0.1) is 0 Å². The second-order valence-corrected chi connectivity index (χ2v) is 5.36. The number of carbonyl (C=O) groups is 1. The maximum atomic E-state index is 11.7. The third kappa shape index (κ3) is 3.74. The van der Waals surface area contributed by atoms with Gasteiger partial charge >= 0.3 is 5.97 Å². The second-order valence-electron chi connectivity index (χ2n) is 5.36. The molecule has 0 saturated heterocycles. The minimum Gasteiger partial charge on any atom is -0.493 e. The Balaban J connectivity index is 2.89. The van der Waals surface area contributed by atoms with Crippen LogP contribution in [0.15, 0.2) is 29.9 Å². The molecule has 2 rings (SSSR count). The minimum atomic E-state index is -1.09. The Morgan fingerprint density at radius 3 is 2.41 bits per heavy atom. The van der Waals surface area contributed by atoms with Gasteiger partial charge in [0, 0.05) is 11.1 Å². The summed E-state index contributed by atoms with van der Waals surface area (Å²) in [6.45, 7) is 3.73. The van der Waals surface area contributed by atoms with Crippen LogP contribution in [0.5, 0.6) is 17.2 Å². The van der Waals surface area contributed by atoms with Crippen molar-refractivity contribution >= 4 is 12.2 Å². The predicted octanol–water partition coefficient (Wildman–Crippen LogP) is 3.11. The zero-order chi connectivity index (χ0) is 20.0. The number of methoxy groups -OCH3 is 3. The fraction of sp³-hybridized carbons (Fsp3) is 0.263. The molecule has 2 aromatic rings. The summed E-state index contributed by atoms with van der Waals surface area (Å²) in [7, 11) is 5.93. The molecule has 0 amide bonds. The summed E-state index contributed by atoms with van der Waals surface area (Å²) >= 11 is 0. The number of carboxylic acid groups (broad SMARTS) is 1. The first-order valence-electron chi connectivity index (χ1n) is 7.98. The van der Waals surface area contributed by atoms with Crippen LogP contribution in [-0.4, -0.2) is 50.7 Å². The largest absolute Gasteiger partial charge is 0.493 e. The highest BCUT2D eigenvalue weighted by atomic mass is 16.6. The van der Waals surface area contributed by atoms with E-state index in [1.807, 2.05) is 0 Å². The van der Waals surface area contributed by atoms with Crippen LogP contribution in [0.25, 0.3) is 11.1 Å². The van der Waals surface area contributed by atoms with Gasteiger partial charge in [-0.2, -0.15) is 0 Å². The molecule has 144 valence electrons. The van der Waals surface area contributed by atoms with Crippen molar-refractivity contribution in [3.63, 3.8) is 0 Å². The maximum absolute atomic E-state index is 11.7. The monoisotopic (exact) mass is 374 g/mol. The van der Waals surface area contributed by atoms with Gasteiger partial charge in [0.25, 0.3) is 0 Å². The number of hydrogen-bond donors (Lipinski definition) is 2. The Morgan fingerprint density at radius 2 is 1.89 bits per heavy atom. The normalized spacial score (nSPS) is 10.7. The number of H-pyrrole nitrogens is 1. The molecule has 0 unspecified atom stereocenters. The third-order valence-corrected chi connectivity index (χ3v) is 3.96. The van der Waals surface area contributed by atoms with E-state index in [1.165, 1.54) is 34.7 Å². The van der Waals surface area contributed by atoms with Gasteiger partial charge in [0.15, 0.2) is 11.5 Å². The molecule has 0 aliphatic rings. The molecule has 0 aliphatic heterocycles. The van der Waals surface area contributed by atoms with Crippen molar-refractivity contribution in [2.24, 2.45) is 5.16 Å². The summed E-state index contributed by atoms with van der Waals surface area (Å²) in [6.07, 6.45) is 3.36. The lowest BCUT2D eigenvalue weighted by molar-refractivity contribution is 0.0690. The number of nitrogens with one attached hydrogen (secondary N) is 1. The van der Waals surface area contributed by atoms with E-state index in [1.54, 1.807) is 18.2 Å². The smallest absolute Gasteiger partial charge is 0.352 e. The van der Waals surface area contributed by atoms with Crippen LogP contribution in [-0.2, 0) is 11.3 Å². The van der Waals surface area contributed by atoms with Gasteiger partial charge < -0.3 is 29.1 Å². The molecular weight excluding hydrogens is 352 g/mol. The van der Waals surface area contributed by atoms with Crippen LogP contribution in [0.3, 0.4) is 0 Å². The number of aromatic nitrogens is 1. The van der Waals surface area contributed by atoms with E-state index in [9.17, 15) is 9.90 Å². The van der Waals surface area contributed by atoms with Crippen LogP contribution in [0.1, 0.15) is 21.7 Å². The molecule has 0 fully saturated rings. The summed E-state index contributed by atoms with van der Waals surface area (Å²) < 4.78 is 16.3. The highest BCUT2D eigenvalue weighted by Gasteiger charge is 2.26. The van der Waals surface area contributed by atoms with Gasteiger partial charge in [0.2, 0.25) is 5.75 Å². The molecule has 0 saturated carbocycles. The Kier molecular flexibility index (Phi) is 6.48. The fourth-order valence-electron chi connectivity index (χ4n) is 2.90. The zero-order valence-corrected chi connectivity index (χ0v) is 15.7. The van der Waals surface area contributed by atoms with Gasteiger partial charge in [-0.25, -0.2) is 4.79 Å². The Morgan fingerprint density at radius 1 is 1.19 bits per heavy atom. The lowest BCUT2D eigenvalue weighted by Crippen LogP contribution is -2.02. The highest BCUT2D eigenvalue weighted by molar-refractivity contribution is 5.99. The van der Waals surface area contributed by atoms with E-state index < -0.39 is 5.97 Å². The summed E-state index contributed by atoms with van der Waals surface area (Å²) in [5, 5.41) is 13.4. The van der Waals surface area contributed by atoms with E-state index in [-0.39, 0.29) is 5.69 Å². The highest BCUT2D eigenvalue weighted by Crippen LogP contribution is 2.46. The number of aromatic amines is 1. The van der Waals surface area contributed by atoms with Crippen molar-refractivity contribution in [2.75, 3.05) is 28.4 Å². The fourth-order valence-corrected chi connectivity index (χ4v) is 2.90. The van der Waals surface area contributed by atoms with E-state index in [0.717, 1.165) is 0 Å². The van der Waals surface area contributed by atoms with Crippen molar-refractivity contribution in [1.82, 2.24) is 4.98 Å². The maximum Gasteiger partial charge on any atom is 0.352 e. The van der Waals surface area contributed by atoms with Gasteiger partial charge in [0.1, 0.15) is 12.8 Å². The molecule has 0 bridgehead atoms. The van der Waals surface area contributed by atoms with Gasteiger partial charge in [-0.3, -0.25) is 0 Å². The topological polar surface area (TPSA) is 102 Å². The molecule has 0 spiro atoms. The molecule has 8 heteroatoms. The molecule has 0 radical (unpaired) electrons. The number of oxime groups is 1. The SMILES string of the molecule is C=CCc1c(C(=O)O)[nH]c(/C=N/OC)c1-c1ccc(OC)c(OC)c1OC. The predicted molar refractivity (Wildman–Crippen MR) is 101 cm³/mol. The zero-order valence-electron chi connectivity index (χ0n) is 15.7. The molecule has 1 aromatic heterocycles. The van der Waals surface area contributed by atoms with E-state index >= 15 is 0 Å². The van der Waals surface area contributed by atoms with Crippen molar-refractivity contribution in [1.29, 1.82) is 0 Å². The number of nitrogens with zero attached hydrogens (tertiary/aromatic N) is 1. The number of aromatic carboxylic acids is 1. The van der Waals surface area contributed by atoms with Crippen molar-refractivity contribution in [2.45, 2.75) is 6.42 Å². The van der Waals surface area contributed by atoms with Gasteiger partial charge in [-0.1, -0.05) is 11.2 Å². The number of ether oxygens (including phenoxy) is 3. The molecular formula is C19H22N2O6. The Labute approximate surface area is 157 Å². The number of benzene rings is 1. The third-order valence-electron chi connectivity index (χ3n) is 3.96. The van der Waals surface area contributed by atoms with Crippen molar-refractivity contribution in [3.8, 4) is 28.4 Å². The van der Waals surface area contributed by atoms with Gasteiger partial charge in [-0.05, 0) is 24.1 Å². The standard InChI is InChI=1S/C19H22N2O6/c1-6-7-11-15(13(10-20-27-5)21-16(11)19(22)23)12-8-9-14(24-2)18(26-4)17(12)25-3/h6,8-10,21H,1,7H2,2-5H3,(H,22,23)/b20-10+. The average Bonchev–Trinajstić information content (AvgIpc) is 3.03. The van der Waals surface area contributed by atoms with Crippen LogP contribution in [0.4, 0.5) is 0 Å². The lowest BCUT2D eigenvalue weighted by Gasteiger charge is -2.16. The van der Waals surface area contributed by atoms with E-state index in [4.69, 9.17) is 19.0 Å². The van der Waals surface area contributed by atoms with Gasteiger partial charge in [-0.15, -0.1) is 6.58 Å². The molecule has 1 heterocycles. The number of carboxylic acids is 1.